The van der Waals surface area contributed by atoms with E-state index in [1.54, 1.807) is 11.3 Å². The number of hydrogen-bond donors (Lipinski definition) is 1. The predicted molar refractivity (Wildman–Crippen MR) is 94.5 cm³/mol. The van der Waals surface area contributed by atoms with E-state index in [4.69, 9.17) is 9.15 Å². The highest BCUT2D eigenvalue weighted by atomic mass is 32.1. The van der Waals surface area contributed by atoms with Crippen molar-refractivity contribution in [2.45, 2.75) is 20.3 Å². The fourth-order valence-electron chi connectivity index (χ4n) is 2.30. The van der Waals surface area contributed by atoms with E-state index in [9.17, 15) is 4.79 Å². The van der Waals surface area contributed by atoms with Crippen LogP contribution in [0.2, 0.25) is 0 Å². The van der Waals surface area contributed by atoms with Crippen LogP contribution in [0.1, 0.15) is 18.4 Å². The summed E-state index contributed by atoms with van der Waals surface area (Å²) < 4.78 is 11.2. The molecule has 1 amide bonds. The van der Waals surface area contributed by atoms with Gasteiger partial charge in [0.25, 0.3) is 0 Å². The summed E-state index contributed by atoms with van der Waals surface area (Å²) in [6.07, 6.45) is 0.154. The zero-order valence-corrected chi connectivity index (χ0v) is 14.4. The van der Waals surface area contributed by atoms with Crippen LogP contribution in [0, 0.1) is 6.92 Å². The number of anilines is 1. The van der Waals surface area contributed by atoms with Crippen LogP contribution in [-0.2, 0) is 11.2 Å². The van der Waals surface area contributed by atoms with E-state index in [0.29, 0.717) is 35.4 Å². The van der Waals surface area contributed by atoms with Crippen LogP contribution in [0.15, 0.2) is 46.2 Å². The molecule has 1 aromatic carbocycles. The van der Waals surface area contributed by atoms with Crippen molar-refractivity contribution < 1.29 is 13.9 Å². The zero-order valence-electron chi connectivity index (χ0n) is 13.5. The third kappa shape index (κ3) is 3.65. The molecule has 0 aliphatic carbocycles. The molecule has 6 heteroatoms. The second-order valence-electron chi connectivity index (χ2n) is 5.15. The Bertz CT molecular complexity index is 825. The summed E-state index contributed by atoms with van der Waals surface area (Å²) in [5.74, 6) is 1.72. The molecule has 0 fully saturated rings. The summed E-state index contributed by atoms with van der Waals surface area (Å²) in [6.45, 7) is 4.27. The number of amides is 1. The fraction of sp³-hybridized carbons (Fsp3) is 0.222. The van der Waals surface area contributed by atoms with Gasteiger partial charge in [-0.15, -0.1) is 11.3 Å². The second-order valence-corrected chi connectivity index (χ2v) is 6.10. The number of hydrogen-bond acceptors (Lipinski definition) is 5. The largest absolute Gasteiger partial charge is 0.492 e. The van der Waals surface area contributed by atoms with Gasteiger partial charge >= 0.3 is 0 Å². The minimum absolute atomic E-state index is 0.154. The van der Waals surface area contributed by atoms with E-state index in [0.717, 1.165) is 4.88 Å². The molecule has 0 spiro atoms. The molecule has 3 aromatic rings. The van der Waals surface area contributed by atoms with E-state index in [2.05, 4.69) is 10.3 Å². The van der Waals surface area contributed by atoms with E-state index in [-0.39, 0.29) is 12.3 Å². The number of nitrogens with one attached hydrogen (secondary N) is 1. The molecule has 0 aliphatic rings. The van der Waals surface area contributed by atoms with Gasteiger partial charge in [0.05, 0.1) is 29.3 Å². The molecule has 0 saturated heterocycles. The standard InChI is InChI=1S/C18H18N2O3S/c1-3-22-15-8-5-4-7-13(15)19-17(21)11-14-12(2)23-18(20-14)16-9-6-10-24-16/h4-10H,3,11H2,1-2H3,(H,19,21). The lowest BCUT2D eigenvalue weighted by molar-refractivity contribution is -0.115. The van der Waals surface area contributed by atoms with Crippen molar-refractivity contribution in [2.24, 2.45) is 0 Å². The number of rotatable bonds is 6. The van der Waals surface area contributed by atoms with E-state index >= 15 is 0 Å². The van der Waals surface area contributed by atoms with Gasteiger partial charge in [0, 0.05) is 0 Å². The second kappa shape index (κ2) is 7.31. The van der Waals surface area contributed by atoms with Gasteiger partial charge in [-0.3, -0.25) is 4.79 Å². The first-order valence-electron chi connectivity index (χ1n) is 7.69. The monoisotopic (exact) mass is 342 g/mol. The van der Waals surface area contributed by atoms with Crippen molar-refractivity contribution in [3.8, 4) is 16.5 Å². The molecule has 2 heterocycles. The molecule has 0 radical (unpaired) electrons. The molecule has 2 aromatic heterocycles. The van der Waals surface area contributed by atoms with Crippen molar-refractivity contribution >= 4 is 22.9 Å². The first-order valence-corrected chi connectivity index (χ1v) is 8.57. The number of para-hydroxylation sites is 2. The number of ether oxygens (including phenoxy) is 1. The maximum absolute atomic E-state index is 12.3. The number of carbonyl (C=O) groups excluding carboxylic acids is 1. The summed E-state index contributed by atoms with van der Waals surface area (Å²) in [5, 5.41) is 4.84. The van der Waals surface area contributed by atoms with Crippen molar-refractivity contribution in [1.29, 1.82) is 0 Å². The summed E-state index contributed by atoms with van der Waals surface area (Å²) in [5.41, 5.74) is 1.30. The van der Waals surface area contributed by atoms with Gasteiger partial charge in [-0.1, -0.05) is 18.2 Å². The number of carbonyl (C=O) groups is 1. The van der Waals surface area contributed by atoms with Crippen LogP contribution < -0.4 is 10.1 Å². The van der Waals surface area contributed by atoms with E-state index < -0.39 is 0 Å². The Morgan fingerprint density at radius 3 is 2.88 bits per heavy atom. The Kier molecular flexibility index (Phi) is 4.96. The normalized spacial score (nSPS) is 10.6. The van der Waals surface area contributed by atoms with Gasteiger partial charge in [0.2, 0.25) is 11.8 Å². The lowest BCUT2D eigenvalue weighted by atomic mass is 10.2. The van der Waals surface area contributed by atoms with Crippen molar-refractivity contribution in [3.05, 3.63) is 53.2 Å². The van der Waals surface area contributed by atoms with Gasteiger partial charge < -0.3 is 14.5 Å². The van der Waals surface area contributed by atoms with Crippen LogP contribution in [0.3, 0.4) is 0 Å². The highest BCUT2D eigenvalue weighted by molar-refractivity contribution is 7.13. The average Bonchev–Trinajstić information content (AvgIpc) is 3.20. The molecule has 0 aliphatic heterocycles. The maximum atomic E-state index is 12.3. The molecule has 0 saturated carbocycles. The summed E-state index contributed by atoms with van der Waals surface area (Å²) in [4.78, 5) is 17.7. The Labute approximate surface area is 144 Å². The molecule has 24 heavy (non-hydrogen) atoms. The SMILES string of the molecule is CCOc1ccccc1NC(=O)Cc1nc(-c2cccs2)oc1C. The Balaban J connectivity index is 1.72. The lowest BCUT2D eigenvalue weighted by Crippen LogP contribution is -2.16. The van der Waals surface area contributed by atoms with Crippen LogP contribution in [0.5, 0.6) is 5.75 Å². The predicted octanol–water partition coefficient (Wildman–Crippen LogP) is 4.29. The number of oxazole rings is 1. The van der Waals surface area contributed by atoms with Gasteiger partial charge in [-0.05, 0) is 37.4 Å². The van der Waals surface area contributed by atoms with E-state index in [1.165, 1.54) is 0 Å². The number of nitrogens with zero attached hydrogens (tertiary/aromatic N) is 1. The first-order chi connectivity index (χ1) is 11.7. The first kappa shape index (κ1) is 16.3. The molecular weight excluding hydrogens is 324 g/mol. The van der Waals surface area contributed by atoms with Crippen LogP contribution in [0.25, 0.3) is 10.8 Å². The smallest absolute Gasteiger partial charge is 0.236 e. The van der Waals surface area contributed by atoms with Gasteiger partial charge in [0.15, 0.2) is 0 Å². The van der Waals surface area contributed by atoms with Crippen molar-refractivity contribution in [3.63, 3.8) is 0 Å². The Morgan fingerprint density at radius 1 is 1.29 bits per heavy atom. The highest BCUT2D eigenvalue weighted by Crippen LogP contribution is 2.27. The average molecular weight is 342 g/mol. The van der Waals surface area contributed by atoms with Crippen LogP contribution >= 0.6 is 11.3 Å². The summed E-state index contributed by atoms with van der Waals surface area (Å²) in [7, 11) is 0. The Hall–Kier alpha value is -2.60. The topological polar surface area (TPSA) is 64.4 Å². The molecule has 1 N–H and O–H groups in total. The van der Waals surface area contributed by atoms with Gasteiger partial charge in [-0.2, -0.15) is 0 Å². The number of thiophene rings is 1. The third-order valence-electron chi connectivity index (χ3n) is 3.41. The number of aromatic nitrogens is 1. The molecule has 3 rings (SSSR count). The molecule has 0 bridgehead atoms. The molecule has 0 unspecified atom stereocenters. The summed E-state index contributed by atoms with van der Waals surface area (Å²) >= 11 is 1.55. The minimum atomic E-state index is -0.156. The Morgan fingerprint density at radius 2 is 2.12 bits per heavy atom. The van der Waals surface area contributed by atoms with Crippen molar-refractivity contribution in [2.75, 3.05) is 11.9 Å². The van der Waals surface area contributed by atoms with E-state index in [1.807, 2.05) is 55.6 Å². The number of benzene rings is 1. The maximum Gasteiger partial charge on any atom is 0.236 e. The van der Waals surface area contributed by atoms with Crippen LogP contribution in [0.4, 0.5) is 5.69 Å². The van der Waals surface area contributed by atoms with Gasteiger partial charge in [0.1, 0.15) is 11.5 Å². The molecule has 0 atom stereocenters. The molecule has 124 valence electrons. The quantitative estimate of drug-likeness (QED) is 0.726. The fourth-order valence-corrected chi connectivity index (χ4v) is 2.94. The van der Waals surface area contributed by atoms with Crippen molar-refractivity contribution in [1.82, 2.24) is 4.98 Å². The molecule has 5 nitrogen and oxygen atoms in total. The van der Waals surface area contributed by atoms with Gasteiger partial charge in [-0.25, -0.2) is 4.98 Å². The zero-order chi connectivity index (χ0) is 16.9. The minimum Gasteiger partial charge on any atom is -0.492 e. The molecular formula is C18H18N2O3S. The highest BCUT2D eigenvalue weighted by Gasteiger charge is 2.16. The third-order valence-corrected chi connectivity index (χ3v) is 4.27. The lowest BCUT2D eigenvalue weighted by Gasteiger charge is -2.10. The number of aryl methyl sites for hydroxylation is 1. The summed E-state index contributed by atoms with van der Waals surface area (Å²) in [6, 6.07) is 11.3. The van der Waals surface area contributed by atoms with Crippen LogP contribution in [-0.4, -0.2) is 17.5 Å².